The van der Waals surface area contributed by atoms with Gasteiger partial charge in [-0.1, -0.05) is 20.8 Å². The molecule has 0 aliphatic carbocycles. The standard InChI is InChI=1S/C13H17NS2/c1-4-8-7-11-12(14-13(15)16-11)10(6-3)9(8)5-2/h7H,4-6H2,1-3H3,(H,14,15). The van der Waals surface area contributed by atoms with Crippen molar-refractivity contribution < 1.29 is 0 Å². The second kappa shape index (κ2) is 4.76. The van der Waals surface area contributed by atoms with Crippen molar-refractivity contribution in [2.24, 2.45) is 0 Å². The van der Waals surface area contributed by atoms with E-state index in [0.29, 0.717) is 0 Å². The minimum Gasteiger partial charge on any atom is -0.230 e. The minimum absolute atomic E-state index is 0.875. The van der Waals surface area contributed by atoms with Gasteiger partial charge in [-0.25, -0.2) is 4.98 Å². The van der Waals surface area contributed by atoms with Gasteiger partial charge in [0.25, 0.3) is 0 Å². The number of fused-ring (bicyclic) bond motifs is 1. The minimum atomic E-state index is 0.875. The lowest BCUT2D eigenvalue weighted by Crippen LogP contribution is -1.98. The summed E-state index contributed by atoms with van der Waals surface area (Å²) in [7, 11) is 0. The predicted octanol–water partition coefficient (Wildman–Crippen LogP) is 4.27. The van der Waals surface area contributed by atoms with Crippen LogP contribution in [0.4, 0.5) is 0 Å². The summed E-state index contributed by atoms with van der Waals surface area (Å²) in [6.45, 7) is 6.67. The fourth-order valence-electron chi connectivity index (χ4n) is 2.35. The molecule has 1 heterocycles. The van der Waals surface area contributed by atoms with Crippen molar-refractivity contribution in [3.63, 3.8) is 0 Å². The summed E-state index contributed by atoms with van der Waals surface area (Å²) in [5.74, 6) is 0. The van der Waals surface area contributed by atoms with Gasteiger partial charge in [-0.05, 0) is 42.0 Å². The smallest absolute Gasteiger partial charge is 0.148 e. The molecule has 0 N–H and O–H groups in total. The van der Waals surface area contributed by atoms with E-state index in [1.165, 1.54) is 26.9 Å². The molecule has 0 fully saturated rings. The predicted molar refractivity (Wildman–Crippen MR) is 75.0 cm³/mol. The van der Waals surface area contributed by atoms with Crippen LogP contribution in [0.5, 0.6) is 0 Å². The molecule has 0 spiro atoms. The maximum absolute atomic E-state index is 4.55. The fourth-order valence-corrected chi connectivity index (χ4v) is 3.55. The highest BCUT2D eigenvalue weighted by molar-refractivity contribution is 7.82. The largest absolute Gasteiger partial charge is 0.230 e. The first-order valence-electron chi connectivity index (χ1n) is 5.84. The van der Waals surface area contributed by atoms with Crippen LogP contribution in [0.25, 0.3) is 10.2 Å². The van der Waals surface area contributed by atoms with Crippen LogP contribution in [0.1, 0.15) is 37.5 Å². The molecule has 2 rings (SSSR count). The Hall–Kier alpha value is -0.540. The van der Waals surface area contributed by atoms with E-state index in [1.807, 2.05) is 0 Å². The van der Waals surface area contributed by atoms with Gasteiger partial charge < -0.3 is 0 Å². The summed E-state index contributed by atoms with van der Waals surface area (Å²) in [4.78, 5) is 4.55. The summed E-state index contributed by atoms with van der Waals surface area (Å²) < 4.78 is 2.16. The Bertz CT molecular complexity index is 514. The Labute approximate surface area is 106 Å². The van der Waals surface area contributed by atoms with Gasteiger partial charge in [0.15, 0.2) is 0 Å². The third kappa shape index (κ3) is 1.87. The SMILES string of the molecule is CCc1cc2sc(S)nc2c(CC)c1CC. The molecule has 2 aromatic rings. The van der Waals surface area contributed by atoms with Crippen LogP contribution in [0.15, 0.2) is 10.4 Å². The Balaban J connectivity index is 2.81. The molecule has 0 aliphatic heterocycles. The average molecular weight is 251 g/mol. The first kappa shape index (κ1) is 11.9. The molecule has 3 heteroatoms. The fraction of sp³-hybridized carbons (Fsp3) is 0.462. The Morgan fingerprint density at radius 3 is 2.38 bits per heavy atom. The third-order valence-electron chi connectivity index (χ3n) is 3.07. The van der Waals surface area contributed by atoms with Gasteiger partial charge in [0.2, 0.25) is 0 Å². The second-order valence-corrected chi connectivity index (χ2v) is 5.65. The molecule has 0 bridgehead atoms. The molecule has 1 nitrogen and oxygen atoms in total. The molecule has 16 heavy (non-hydrogen) atoms. The van der Waals surface area contributed by atoms with Crippen LogP contribution >= 0.6 is 24.0 Å². The maximum atomic E-state index is 4.55. The van der Waals surface area contributed by atoms with Crippen LogP contribution in [0.2, 0.25) is 0 Å². The van der Waals surface area contributed by atoms with Crippen LogP contribution < -0.4 is 0 Å². The molecular weight excluding hydrogens is 234 g/mol. The quantitative estimate of drug-likeness (QED) is 0.804. The van der Waals surface area contributed by atoms with Crippen LogP contribution in [-0.4, -0.2) is 4.98 Å². The Kier molecular flexibility index (Phi) is 3.55. The lowest BCUT2D eigenvalue weighted by Gasteiger charge is -2.12. The number of thiol groups is 1. The van der Waals surface area contributed by atoms with Crippen molar-refractivity contribution in [3.8, 4) is 0 Å². The number of aryl methyl sites for hydroxylation is 2. The van der Waals surface area contributed by atoms with Gasteiger partial charge in [-0.15, -0.1) is 24.0 Å². The van der Waals surface area contributed by atoms with Crippen molar-refractivity contribution in [3.05, 3.63) is 22.8 Å². The number of aromatic nitrogens is 1. The van der Waals surface area contributed by atoms with Crippen LogP contribution in [0, 0.1) is 0 Å². The van der Waals surface area contributed by atoms with E-state index >= 15 is 0 Å². The van der Waals surface area contributed by atoms with E-state index in [-0.39, 0.29) is 0 Å². The molecule has 0 unspecified atom stereocenters. The van der Waals surface area contributed by atoms with Crippen LogP contribution in [-0.2, 0) is 19.3 Å². The number of nitrogens with zero attached hydrogens (tertiary/aromatic N) is 1. The zero-order valence-corrected chi connectivity index (χ0v) is 11.7. The van der Waals surface area contributed by atoms with Gasteiger partial charge in [0.1, 0.15) is 4.34 Å². The molecule has 0 atom stereocenters. The van der Waals surface area contributed by atoms with Crippen molar-refractivity contribution in [2.45, 2.75) is 44.4 Å². The number of hydrogen-bond acceptors (Lipinski definition) is 3. The highest BCUT2D eigenvalue weighted by atomic mass is 32.2. The molecule has 1 aromatic heterocycles. The highest BCUT2D eigenvalue weighted by Crippen LogP contribution is 2.32. The summed E-state index contributed by atoms with van der Waals surface area (Å²) in [6, 6.07) is 2.30. The van der Waals surface area contributed by atoms with Crippen molar-refractivity contribution in [1.82, 2.24) is 4.98 Å². The molecule has 1 aromatic carbocycles. The number of rotatable bonds is 3. The van der Waals surface area contributed by atoms with E-state index < -0.39 is 0 Å². The van der Waals surface area contributed by atoms with E-state index in [0.717, 1.165) is 23.6 Å². The van der Waals surface area contributed by atoms with E-state index in [1.54, 1.807) is 11.3 Å². The number of benzene rings is 1. The topological polar surface area (TPSA) is 12.9 Å². The lowest BCUT2D eigenvalue weighted by molar-refractivity contribution is 0.989. The lowest BCUT2D eigenvalue weighted by atomic mass is 9.95. The number of thiazole rings is 1. The Morgan fingerprint density at radius 2 is 1.81 bits per heavy atom. The molecule has 86 valence electrons. The van der Waals surface area contributed by atoms with Crippen molar-refractivity contribution >= 4 is 34.2 Å². The van der Waals surface area contributed by atoms with E-state index in [4.69, 9.17) is 0 Å². The summed E-state index contributed by atoms with van der Waals surface area (Å²) in [5.41, 5.74) is 5.57. The van der Waals surface area contributed by atoms with E-state index in [9.17, 15) is 0 Å². The van der Waals surface area contributed by atoms with Crippen molar-refractivity contribution in [2.75, 3.05) is 0 Å². The van der Waals surface area contributed by atoms with Gasteiger partial charge >= 0.3 is 0 Å². The molecule has 0 amide bonds. The monoisotopic (exact) mass is 251 g/mol. The average Bonchev–Trinajstić information content (AvgIpc) is 2.66. The molecular formula is C13H17NS2. The van der Waals surface area contributed by atoms with Gasteiger partial charge in [0.05, 0.1) is 10.2 Å². The maximum Gasteiger partial charge on any atom is 0.148 e. The third-order valence-corrected chi connectivity index (χ3v) is 4.25. The highest BCUT2D eigenvalue weighted by Gasteiger charge is 2.13. The van der Waals surface area contributed by atoms with Gasteiger partial charge in [-0.3, -0.25) is 0 Å². The summed E-state index contributed by atoms with van der Waals surface area (Å²) >= 11 is 6.05. The summed E-state index contributed by atoms with van der Waals surface area (Å²) in [5, 5.41) is 0. The molecule has 0 saturated heterocycles. The van der Waals surface area contributed by atoms with E-state index in [2.05, 4.69) is 44.5 Å². The zero-order valence-electron chi connectivity index (χ0n) is 10.0. The Morgan fingerprint density at radius 1 is 1.12 bits per heavy atom. The normalized spacial score (nSPS) is 11.2. The van der Waals surface area contributed by atoms with Crippen LogP contribution in [0.3, 0.4) is 0 Å². The molecule has 0 saturated carbocycles. The molecule has 0 radical (unpaired) electrons. The summed E-state index contributed by atoms with van der Waals surface area (Å²) in [6.07, 6.45) is 3.26. The van der Waals surface area contributed by atoms with Gasteiger partial charge in [-0.2, -0.15) is 0 Å². The van der Waals surface area contributed by atoms with Crippen molar-refractivity contribution in [1.29, 1.82) is 0 Å². The second-order valence-electron chi connectivity index (χ2n) is 3.90. The first-order chi connectivity index (χ1) is 7.71. The molecule has 0 aliphatic rings. The first-order valence-corrected chi connectivity index (χ1v) is 7.10. The van der Waals surface area contributed by atoms with Gasteiger partial charge in [0, 0.05) is 0 Å². The zero-order chi connectivity index (χ0) is 11.7. The number of hydrogen-bond donors (Lipinski definition) is 1.